The van der Waals surface area contributed by atoms with E-state index in [1.807, 2.05) is 30.3 Å². The third kappa shape index (κ3) is 6.61. The van der Waals surface area contributed by atoms with Crippen molar-refractivity contribution in [1.29, 1.82) is 0 Å². The molecule has 0 saturated heterocycles. The second-order valence-corrected chi connectivity index (χ2v) is 4.74. The zero-order valence-electron chi connectivity index (χ0n) is 12.2. The first-order valence-corrected chi connectivity index (χ1v) is 6.92. The van der Waals surface area contributed by atoms with Gasteiger partial charge in [0.15, 0.2) is 6.61 Å². The Kier molecular flexibility index (Phi) is 8.04. The van der Waals surface area contributed by atoms with Gasteiger partial charge in [0.05, 0.1) is 0 Å². The average Bonchev–Trinajstić information content (AvgIpc) is 2.52. The molecule has 2 rings (SSSR count). The highest BCUT2D eigenvalue weighted by Crippen LogP contribution is 2.12. The van der Waals surface area contributed by atoms with E-state index in [2.05, 4.69) is 17.4 Å². The predicted molar refractivity (Wildman–Crippen MR) is 88.7 cm³/mol. The van der Waals surface area contributed by atoms with E-state index in [9.17, 15) is 4.79 Å². The van der Waals surface area contributed by atoms with Crippen molar-refractivity contribution in [1.82, 2.24) is 5.32 Å². The van der Waals surface area contributed by atoms with Crippen LogP contribution in [0.4, 0.5) is 0 Å². The Morgan fingerprint density at radius 3 is 2.32 bits per heavy atom. The van der Waals surface area contributed by atoms with Gasteiger partial charge in [-0.15, -0.1) is 12.4 Å². The second kappa shape index (κ2) is 9.82. The van der Waals surface area contributed by atoms with E-state index in [4.69, 9.17) is 9.84 Å². The summed E-state index contributed by atoms with van der Waals surface area (Å²) in [5, 5.41) is 11.9. The molecule has 0 fully saturated rings. The summed E-state index contributed by atoms with van der Waals surface area (Å²) in [5.74, 6) is -0.386. The Bertz CT molecular complexity index is 558. The Hall–Kier alpha value is -2.04. The molecule has 0 aliphatic carbocycles. The number of ether oxygens (including phenoxy) is 1. The maximum Gasteiger partial charge on any atom is 0.341 e. The Labute approximate surface area is 136 Å². The molecule has 0 spiro atoms. The summed E-state index contributed by atoms with van der Waals surface area (Å²) in [6, 6.07) is 17.8. The molecule has 0 saturated carbocycles. The minimum absolute atomic E-state index is 0. The first kappa shape index (κ1) is 18.0. The van der Waals surface area contributed by atoms with Crippen LogP contribution in [0.2, 0.25) is 0 Å². The minimum Gasteiger partial charge on any atom is -0.482 e. The molecule has 4 nitrogen and oxygen atoms in total. The van der Waals surface area contributed by atoms with E-state index in [1.165, 1.54) is 11.1 Å². The molecule has 2 aromatic carbocycles. The SMILES string of the molecule is Cl.O=C(O)COc1ccc(CCNCc2ccccc2)cc1. The highest BCUT2D eigenvalue weighted by atomic mass is 35.5. The van der Waals surface area contributed by atoms with Crippen molar-refractivity contribution in [3.8, 4) is 5.75 Å². The molecule has 0 radical (unpaired) electrons. The molecule has 0 bridgehead atoms. The summed E-state index contributed by atoms with van der Waals surface area (Å²) in [4.78, 5) is 10.4. The lowest BCUT2D eigenvalue weighted by molar-refractivity contribution is -0.139. The minimum atomic E-state index is -0.968. The average molecular weight is 322 g/mol. The van der Waals surface area contributed by atoms with E-state index in [1.54, 1.807) is 12.1 Å². The van der Waals surface area contributed by atoms with Gasteiger partial charge >= 0.3 is 5.97 Å². The van der Waals surface area contributed by atoms with Crippen LogP contribution in [0.1, 0.15) is 11.1 Å². The molecule has 118 valence electrons. The number of halogens is 1. The molecule has 2 N–H and O–H groups in total. The molecule has 22 heavy (non-hydrogen) atoms. The largest absolute Gasteiger partial charge is 0.482 e. The van der Waals surface area contributed by atoms with Crippen molar-refractivity contribution < 1.29 is 14.6 Å². The standard InChI is InChI=1S/C17H19NO3.ClH/c19-17(20)13-21-16-8-6-14(7-9-16)10-11-18-12-15-4-2-1-3-5-15;/h1-9,18H,10-13H2,(H,19,20);1H. The predicted octanol–water partition coefficient (Wildman–Crippen LogP) is 2.90. The summed E-state index contributed by atoms with van der Waals surface area (Å²) >= 11 is 0. The topological polar surface area (TPSA) is 58.6 Å². The Balaban J connectivity index is 0.00000242. The van der Waals surface area contributed by atoms with Crippen LogP contribution in [-0.4, -0.2) is 24.2 Å². The number of benzene rings is 2. The Morgan fingerprint density at radius 1 is 1.00 bits per heavy atom. The number of carboxylic acid groups (broad SMARTS) is 1. The van der Waals surface area contributed by atoms with Crippen LogP contribution in [0.5, 0.6) is 5.75 Å². The summed E-state index contributed by atoms with van der Waals surface area (Å²) < 4.78 is 5.09. The molecule has 0 heterocycles. The zero-order chi connectivity index (χ0) is 14.9. The number of hydrogen-bond donors (Lipinski definition) is 2. The quantitative estimate of drug-likeness (QED) is 0.734. The van der Waals surface area contributed by atoms with Crippen molar-refractivity contribution in [3.63, 3.8) is 0 Å². The molecule has 0 aromatic heterocycles. The lowest BCUT2D eigenvalue weighted by Crippen LogP contribution is -2.16. The monoisotopic (exact) mass is 321 g/mol. The van der Waals surface area contributed by atoms with E-state index in [0.29, 0.717) is 5.75 Å². The third-order valence-electron chi connectivity index (χ3n) is 3.05. The molecule has 5 heteroatoms. The number of carbonyl (C=O) groups is 1. The van der Waals surface area contributed by atoms with Gasteiger partial charge in [-0.3, -0.25) is 0 Å². The first-order valence-electron chi connectivity index (χ1n) is 6.92. The summed E-state index contributed by atoms with van der Waals surface area (Å²) in [6.07, 6.45) is 0.923. The van der Waals surface area contributed by atoms with Gasteiger partial charge in [-0.05, 0) is 36.2 Å². The molecular weight excluding hydrogens is 302 g/mol. The normalized spacial score (nSPS) is 9.82. The number of aliphatic carboxylic acids is 1. The van der Waals surface area contributed by atoms with Crippen molar-refractivity contribution in [2.75, 3.05) is 13.2 Å². The van der Waals surface area contributed by atoms with Crippen molar-refractivity contribution in [3.05, 3.63) is 65.7 Å². The lowest BCUT2D eigenvalue weighted by Gasteiger charge is -2.07. The van der Waals surface area contributed by atoms with Gasteiger partial charge < -0.3 is 15.2 Å². The van der Waals surface area contributed by atoms with Crippen LogP contribution >= 0.6 is 12.4 Å². The van der Waals surface area contributed by atoms with Gasteiger partial charge in [0, 0.05) is 6.54 Å². The summed E-state index contributed by atoms with van der Waals surface area (Å²) in [7, 11) is 0. The highest BCUT2D eigenvalue weighted by molar-refractivity contribution is 5.85. The zero-order valence-corrected chi connectivity index (χ0v) is 13.0. The maximum atomic E-state index is 10.4. The van der Waals surface area contributed by atoms with Crippen molar-refractivity contribution in [2.45, 2.75) is 13.0 Å². The van der Waals surface area contributed by atoms with E-state index < -0.39 is 5.97 Å². The molecule has 0 atom stereocenters. The molecular formula is C17H20ClNO3. The summed E-state index contributed by atoms with van der Waals surface area (Å²) in [6.45, 7) is 1.45. The van der Waals surface area contributed by atoms with Gasteiger partial charge in [-0.2, -0.15) is 0 Å². The van der Waals surface area contributed by atoms with E-state index >= 15 is 0 Å². The van der Waals surface area contributed by atoms with Crippen LogP contribution in [0, 0.1) is 0 Å². The summed E-state index contributed by atoms with van der Waals surface area (Å²) in [5.41, 5.74) is 2.47. The maximum absolute atomic E-state index is 10.4. The fourth-order valence-corrected chi connectivity index (χ4v) is 1.96. The van der Waals surface area contributed by atoms with Gasteiger partial charge in [0.25, 0.3) is 0 Å². The first-order chi connectivity index (χ1) is 10.2. The van der Waals surface area contributed by atoms with Crippen LogP contribution in [-0.2, 0) is 17.8 Å². The van der Waals surface area contributed by atoms with Gasteiger partial charge in [0.2, 0.25) is 0 Å². The van der Waals surface area contributed by atoms with Crippen LogP contribution in [0.15, 0.2) is 54.6 Å². The number of carboxylic acids is 1. The third-order valence-corrected chi connectivity index (χ3v) is 3.05. The number of rotatable bonds is 8. The van der Waals surface area contributed by atoms with E-state index in [0.717, 1.165) is 19.5 Å². The van der Waals surface area contributed by atoms with Crippen LogP contribution in [0.25, 0.3) is 0 Å². The second-order valence-electron chi connectivity index (χ2n) is 4.74. The van der Waals surface area contributed by atoms with Gasteiger partial charge in [-0.25, -0.2) is 4.79 Å². The fourth-order valence-electron chi connectivity index (χ4n) is 1.96. The Morgan fingerprint density at radius 2 is 1.68 bits per heavy atom. The smallest absolute Gasteiger partial charge is 0.341 e. The number of nitrogens with one attached hydrogen (secondary N) is 1. The fraction of sp³-hybridized carbons (Fsp3) is 0.235. The molecule has 0 amide bonds. The van der Waals surface area contributed by atoms with Gasteiger partial charge in [0.1, 0.15) is 5.75 Å². The van der Waals surface area contributed by atoms with Gasteiger partial charge in [-0.1, -0.05) is 42.5 Å². The molecule has 0 unspecified atom stereocenters. The van der Waals surface area contributed by atoms with Crippen molar-refractivity contribution in [2.24, 2.45) is 0 Å². The molecule has 2 aromatic rings. The van der Waals surface area contributed by atoms with E-state index in [-0.39, 0.29) is 19.0 Å². The highest BCUT2D eigenvalue weighted by Gasteiger charge is 1.99. The molecule has 0 aliphatic heterocycles. The lowest BCUT2D eigenvalue weighted by atomic mass is 10.1. The van der Waals surface area contributed by atoms with Crippen LogP contribution < -0.4 is 10.1 Å². The van der Waals surface area contributed by atoms with Crippen molar-refractivity contribution >= 4 is 18.4 Å². The number of hydrogen-bond acceptors (Lipinski definition) is 3. The molecule has 0 aliphatic rings. The van der Waals surface area contributed by atoms with Crippen LogP contribution in [0.3, 0.4) is 0 Å².